The van der Waals surface area contributed by atoms with Crippen molar-refractivity contribution in [3.05, 3.63) is 12.2 Å². The van der Waals surface area contributed by atoms with Gasteiger partial charge in [-0.05, 0) is 36.8 Å². The molecule has 0 bridgehead atoms. The van der Waals surface area contributed by atoms with Crippen LogP contribution in [0.25, 0.3) is 0 Å². The zero-order valence-electron chi connectivity index (χ0n) is 7.07. The van der Waals surface area contributed by atoms with Crippen molar-refractivity contribution in [2.45, 2.75) is 23.8 Å². The Hall–Kier alpha value is 0.110. The second-order valence-corrected chi connectivity index (χ2v) is 5.59. The van der Waals surface area contributed by atoms with Gasteiger partial charge in [0, 0.05) is 0 Å². The monoisotopic (exact) mass is 202 g/mol. The van der Waals surface area contributed by atoms with E-state index in [2.05, 4.69) is 23.5 Å². The number of hydrogen-bond acceptors (Lipinski definition) is 3. The lowest BCUT2D eigenvalue weighted by molar-refractivity contribution is -0.104. The molecule has 0 aromatic rings. The van der Waals surface area contributed by atoms with Crippen LogP contribution >= 0.6 is 23.5 Å². The molecule has 1 aliphatic rings. The molecule has 1 rings (SSSR count). The molecule has 3 heteroatoms. The Labute approximate surface area is 82.4 Å². The summed E-state index contributed by atoms with van der Waals surface area (Å²) < 4.78 is 0.773. The summed E-state index contributed by atoms with van der Waals surface area (Å²) >= 11 is 4.12. The summed E-state index contributed by atoms with van der Waals surface area (Å²) in [5, 5.41) is 0. The summed E-state index contributed by atoms with van der Waals surface area (Å²) in [5.74, 6) is 2.63. The van der Waals surface area contributed by atoms with Gasteiger partial charge in [-0.15, -0.1) is 23.5 Å². The van der Waals surface area contributed by atoms with Crippen LogP contribution in [0, 0.1) is 0 Å². The molecule has 1 fully saturated rings. The number of aldehydes is 1. The van der Waals surface area contributed by atoms with Crippen LogP contribution in [0.15, 0.2) is 12.2 Å². The third-order valence-electron chi connectivity index (χ3n) is 1.68. The minimum Gasteiger partial charge on any atom is -0.299 e. The molecule has 1 nitrogen and oxygen atoms in total. The van der Waals surface area contributed by atoms with Crippen LogP contribution in [0.1, 0.15) is 19.3 Å². The number of rotatable bonds is 4. The Morgan fingerprint density at radius 3 is 2.75 bits per heavy atom. The molecule has 0 saturated carbocycles. The molecular formula is C9H14OS2. The van der Waals surface area contributed by atoms with E-state index in [0.29, 0.717) is 0 Å². The van der Waals surface area contributed by atoms with E-state index in [0.717, 1.165) is 17.3 Å². The van der Waals surface area contributed by atoms with Crippen LogP contribution in [0.3, 0.4) is 0 Å². The number of allylic oxidation sites excluding steroid dienone is 2. The van der Waals surface area contributed by atoms with Gasteiger partial charge >= 0.3 is 0 Å². The normalized spacial score (nSPS) is 20.0. The van der Waals surface area contributed by atoms with E-state index in [-0.39, 0.29) is 0 Å². The first kappa shape index (κ1) is 10.2. The van der Waals surface area contributed by atoms with Crippen LogP contribution in [0.5, 0.6) is 0 Å². The molecule has 0 aromatic heterocycles. The van der Waals surface area contributed by atoms with Crippen molar-refractivity contribution in [2.24, 2.45) is 0 Å². The Kier molecular flexibility index (Phi) is 5.61. The van der Waals surface area contributed by atoms with E-state index in [9.17, 15) is 4.79 Å². The third kappa shape index (κ3) is 4.21. The van der Waals surface area contributed by atoms with Crippen molar-refractivity contribution < 1.29 is 4.79 Å². The van der Waals surface area contributed by atoms with Crippen molar-refractivity contribution in [3.8, 4) is 0 Å². The molecule has 1 heterocycles. The van der Waals surface area contributed by atoms with E-state index in [1.54, 1.807) is 6.08 Å². The first-order valence-corrected chi connectivity index (χ1v) is 6.37. The first-order chi connectivity index (χ1) is 5.93. The van der Waals surface area contributed by atoms with Gasteiger partial charge in [-0.2, -0.15) is 0 Å². The van der Waals surface area contributed by atoms with Crippen molar-refractivity contribution in [2.75, 3.05) is 11.5 Å². The van der Waals surface area contributed by atoms with Gasteiger partial charge in [-0.3, -0.25) is 4.79 Å². The summed E-state index contributed by atoms with van der Waals surface area (Å²) in [5.41, 5.74) is 0. The molecule has 1 saturated heterocycles. The van der Waals surface area contributed by atoms with E-state index >= 15 is 0 Å². The molecule has 12 heavy (non-hydrogen) atoms. The topological polar surface area (TPSA) is 17.1 Å². The highest BCUT2D eigenvalue weighted by Crippen LogP contribution is 2.33. The van der Waals surface area contributed by atoms with Gasteiger partial charge in [-0.25, -0.2) is 0 Å². The highest BCUT2D eigenvalue weighted by molar-refractivity contribution is 8.17. The number of hydrogen-bond donors (Lipinski definition) is 0. The average Bonchev–Trinajstić information content (AvgIpc) is 2.14. The zero-order chi connectivity index (χ0) is 8.65. The summed E-state index contributed by atoms with van der Waals surface area (Å²) in [7, 11) is 0. The summed E-state index contributed by atoms with van der Waals surface area (Å²) in [4.78, 5) is 9.96. The van der Waals surface area contributed by atoms with Gasteiger partial charge in [0.2, 0.25) is 0 Å². The number of thioether (sulfide) groups is 2. The van der Waals surface area contributed by atoms with Crippen LogP contribution < -0.4 is 0 Å². The second kappa shape index (κ2) is 6.61. The van der Waals surface area contributed by atoms with Crippen LogP contribution in [-0.4, -0.2) is 22.4 Å². The van der Waals surface area contributed by atoms with E-state index in [1.165, 1.54) is 24.3 Å². The fourth-order valence-corrected chi connectivity index (χ4v) is 3.99. The average molecular weight is 202 g/mol. The maximum atomic E-state index is 9.96. The zero-order valence-corrected chi connectivity index (χ0v) is 8.70. The van der Waals surface area contributed by atoms with Gasteiger partial charge in [0.15, 0.2) is 0 Å². The van der Waals surface area contributed by atoms with Crippen molar-refractivity contribution >= 4 is 29.8 Å². The van der Waals surface area contributed by atoms with Gasteiger partial charge < -0.3 is 0 Å². The van der Waals surface area contributed by atoms with Crippen molar-refractivity contribution in [3.63, 3.8) is 0 Å². The third-order valence-corrected chi connectivity index (χ3v) is 4.76. The molecule has 1 aliphatic heterocycles. The maximum Gasteiger partial charge on any atom is 0.142 e. The minimum absolute atomic E-state index is 0.773. The maximum absolute atomic E-state index is 9.96. The van der Waals surface area contributed by atoms with Crippen LogP contribution in [0.2, 0.25) is 0 Å². The second-order valence-electron chi connectivity index (χ2n) is 2.67. The van der Waals surface area contributed by atoms with Gasteiger partial charge in [0.25, 0.3) is 0 Å². The molecule has 0 amide bonds. The standard InChI is InChI=1S/C9H14OS2/c10-6-3-1-2-5-9-11-7-4-8-12-9/h1,3,6,9H,2,4-5,7-8H2/b3-1+. The quantitative estimate of drug-likeness (QED) is 0.515. The summed E-state index contributed by atoms with van der Waals surface area (Å²) in [6.45, 7) is 0. The summed E-state index contributed by atoms with van der Waals surface area (Å²) in [6, 6.07) is 0. The van der Waals surface area contributed by atoms with E-state index in [1.807, 2.05) is 6.08 Å². The molecule has 0 unspecified atom stereocenters. The minimum atomic E-state index is 0.773. The largest absolute Gasteiger partial charge is 0.299 e. The molecule has 68 valence electrons. The fourth-order valence-electron chi connectivity index (χ4n) is 1.09. The SMILES string of the molecule is O=C/C=C/CCC1SCCCS1. The number of carbonyl (C=O) groups is 1. The predicted octanol–water partition coefficient (Wildman–Crippen LogP) is 2.72. The molecular weight excluding hydrogens is 188 g/mol. The lowest BCUT2D eigenvalue weighted by atomic mass is 10.3. The highest BCUT2D eigenvalue weighted by Gasteiger charge is 2.12. The van der Waals surface area contributed by atoms with Crippen molar-refractivity contribution in [1.29, 1.82) is 0 Å². The Morgan fingerprint density at radius 1 is 1.33 bits per heavy atom. The van der Waals surface area contributed by atoms with Gasteiger partial charge in [0.05, 0.1) is 4.58 Å². The fraction of sp³-hybridized carbons (Fsp3) is 0.667. The molecule has 0 aliphatic carbocycles. The lowest BCUT2D eigenvalue weighted by Crippen LogP contribution is -2.05. The highest BCUT2D eigenvalue weighted by atomic mass is 32.2. The lowest BCUT2D eigenvalue weighted by Gasteiger charge is -2.19. The van der Waals surface area contributed by atoms with E-state index < -0.39 is 0 Å². The van der Waals surface area contributed by atoms with Gasteiger partial charge in [0.1, 0.15) is 6.29 Å². The summed E-state index contributed by atoms with van der Waals surface area (Å²) in [6.07, 6.45) is 8.02. The van der Waals surface area contributed by atoms with E-state index in [4.69, 9.17) is 0 Å². The van der Waals surface area contributed by atoms with Crippen molar-refractivity contribution in [1.82, 2.24) is 0 Å². The Morgan fingerprint density at radius 2 is 2.08 bits per heavy atom. The van der Waals surface area contributed by atoms with Crippen LogP contribution in [-0.2, 0) is 4.79 Å². The Balaban J connectivity index is 2.05. The Bertz CT molecular complexity index is 151. The van der Waals surface area contributed by atoms with Crippen LogP contribution in [0.4, 0.5) is 0 Å². The predicted molar refractivity (Wildman–Crippen MR) is 57.8 cm³/mol. The first-order valence-electron chi connectivity index (χ1n) is 4.27. The molecule has 0 aromatic carbocycles. The number of carbonyl (C=O) groups excluding carboxylic acids is 1. The molecule has 0 N–H and O–H groups in total. The molecule has 0 radical (unpaired) electrons. The molecule has 0 atom stereocenters. The molecule has 0 spiro atoms. The smallest absolute Gasteiger partial charge is 0.142 e. The van der Waals surface area contributed by atoms with Gasteiger partial charge in [-0.1, -0.05) is 6.08 Å².